The normalized spacial score (nSPS) is 25.2. The van der Waals surface area contributed by atoms with E-state index < -0.39 is 0 Å². The number of hydrogen-bond acceptors (Lipinski definition) is 1. The van der Waals surface area contributed by atoms with E-state index in [1.807, 2.05) is 24.5 Å². The van der Waals surface area contributed by atoms with Crippen molar-refractivity contribution >= 4 is 5.91 Å². The molecule has 1 fully saturated rings. The topological polar surface area (TPSA) is 33.0 Å². The molecular formula is C19H31N2O+. The summed E-state index contributed by atoms with van der Waals surface area (Å²) in [5.41, 5.74) is 0.775. The van der Waals surface area contributed by atoms with E-state index in [2.05, 4.69) is 37.6 Å². The molecule has 3 nitrogen and oxygen atoms in total. The molecule has 0 spiro atoms. The summed E-state index contributed by atoms with van der Waals surface area (Å²) in [7, 11) is 0. The number of pyridine rings is 1. The van der Waals surface area contributed by atoms with Crippen LogP contribution in [0.1, 0.15) is 63.7 Å². The molecule has 0 aliphatic heterocycles. The number of carbonyl (C=O) groups is 1. The average molecular weight is 303 g/mol. The molecule has 3 heteroatoms. The molecule has 1 saturated carbocycles. The van der Waals surface area contributed by atoms with E-state index in [0.29, 0.717) is 23.8 Å². The molecule has 0 aromatic carbocycles. The summed E-state index contributed by atoms with van der Waals surface area (Å²) < 4.78 is 2.10. The van der Waals surface area contributed by atoms with E-state index in [-0.39, 0.29) is 5.91 Å². The standard InChI is InChI=1S/C19H30N2O/c1-5-10-21-11-6-7-16(13-21)19(22)20-18-12-15(4)8-9-17(18)14(2)3/h6-7,11,13-15,17-18H,5,8-10,12H2,1-4H3/p+1/t15-,17+,18-/m1/s1. The van der Waals surface area contributed by atoms with Gasteiger partial charge >= 0.3 is 0 Å². The highest BCUT2D eigenvalue weighted by molar-refractivity contribution is 5.93. The van der Waals surface area contributed by atoms with Gasteiger partial charge in [0.05, 0.1) is 0 Å². The number of aryl methyl sites for hydroxylation is 1. The van der Waals surface area contributed by atoms with Crippen LogP contribution in [0.2, 0.25) is 0 Å². The molecule has 1 aromatic rings. The average Bonchev–Trinajstić information content (AvgIpc) is 2.47. The molecule has 22 heavy (non-hydrogen) atoms. The van der Waals surface area contributed by atoms with Crippen LogP contribution >= 0.6 is 0 Å². The molecule has 1 heterocycles. The summed E-state index contributed by atoms with van der Waals surface area (Å²) in [4.78, 5) is 12.6. The fourth-order valence-electron chi connectivity index (χ4n) is 3.67. The Balaban J connectivity index is 2.07. The van der Waals surface area contributed by atoms with E-state index in [9.17, 15) is 4.79 Å². The lowest BCUT2D eigenvalue weighted by Gasteiger charge is -2.37. The maximum Gasteiger partial charge on any atom is 0.257 e. The van der Waals surface area contributed by atoms with Crippen LogP contribution in [0.15, 0.2) is 24.5 Å². The molecule has 0 unspecified atom stereocenters. The first-order chi connectivity index (χ1) is 10.5. The van der Waals surface area contributed by atoms with Gasteiger partial charge < -0.3 is 5.32 Å². The summed E-state index contributed by atoms with van der Waals surface area (Å²) in [6.07, 6.45) is 8.70. The largest absolute Gasteiger partial charge is 0.349 e. The summed E-state index contributed by atoms with van der Waals surface area (Å²) in [5, 5.41) is 3.31. The Labute approximate surface area is 135 Å². The monoisotopic (exact) mass is 303 g/mol. The van der Waals surface area contributed by atoms with Gasteiger partial charge in [0.2, 0.25) is 0 Å². The zero-order valence-corrected chi connectivity index (χ0v) is 14.5. The third kappa shape index (κ3) is 4.31. The zero-order valence-electron chi connectivity index (χ0n) is 14.5. The van der Waals surface area contributed by atoms with Crippen molar-refractivity contribution in [1.82, 2.24) is 5.32 Å². The van der Waals surface area contributed by atoms with Gasteiger partial charge in [-0.1, -0.05) is 34.1 Å². The van der Waals surface area contributed by atoms with Crippen molar-refractivity contribution in [1.29, 1.82) is 0 Å². The predicted octanol–water partition coefficient (Wildman–Crippen LogP) is 3.57. The fraction of sp³-hybridized carbons (Fsp3) is 0.684. The lowest BCUT2D eigenvalue weighted by molar-refractivity contribution is -0.697. The van der Waals surface area contributed by atoms with Gasteiger partial charge in [0.1, 0.15) is 12.1 Å². The lowest BCUT2D eigenvalue weighted by Crippen LogP contribution is -2.46. The van der Waals surface area contributed by atoms with Crippen molar-refractivity contribution in [3.8, 4) is 0 Å². The quantitative estimate of drug-likeness (QED) is 0.829. The summed E-state index contributed by atoms with van der Waals surface area (Å²) in [6, 6.07) is 4.20. The minimum atomic E-state index is 0.0789. The number of hydrogen-bond donors (Lipinski definition) is 1. The van der Waals surface area contributed by atoms with Gasteiger partial charge in [0.25, 0.3) is 5.91 Å². The van der Waals surface area contributed by atoms with Crippen molar-refractivity contribution in [3.05, 3.63) is 30.1 Å². The van der Waals surface area contributed by atoms with Crippen molar-refractivity contribution in [2.75, 3.05) is 0 Å². The van der Waals surface area contributed by atoms with Crippen molar-refractivity contribution < 1.29 is 9.36 Å². The lowest BCUT2D eigenvalue weighted by atomic mass is 9.74. The highest BCUT2D eigenvalue weighted by Gasteiger charge is 2.32. The number of nitrogens with one attached hydrogen (secondary N) is 1. The fourth-order valence-corrected chi connectivity index (χ4v) is 3.67. The SMILES string of the molecule is CCC[n+]1cccc(C(=O)N[C@@H]2C[C@H](C)CC[C@H]2C(C)C)c1. The van der Waals surface area contributed by atoms with Gasteiger partial charge in [-0.25, -0.2) is 4.57 Å². The predicted molar refractivity (Wildman–Crippen MR) is 89.5 cm³/mol. The second-order valence-electron chi connectivity index (χ2n) is 7.24. The number of carbonyl (C=O) groups excluding carboxylic acids is 1. The number of aromatic nitrogens is 1. The Morgan fingerprint density at radius 1 is 1.41 bits per heavy atom. The van der Waals surface area contributed by atoms with Crippen molar-refractivity contribution in [2.24, 2.45) is 17.8 Å². The van der Waals surface area contributed by atoms with Crippen LogP contribution in [-0.4, -0.2) is 11.9 Å². The molecule has 1 aromatic heterocycles. The van der Waals surface area contributed by atoms with Gasteiger partial charge in [0, 0.05) is 18.5 Å². The van der Waals surface area contributed by atoms with Gasteiger partial charge in [-0.2, -0.15) is 0 Å². The Bertz CT molecular complexity index is 498. The maximum atomic E-state index is 12.6. The number of amides is 1. The van der Waals surface area contributed by atoms with Crippen LogP contribution in [0.5, 0.6) is 0 Å². The Morgan fingerprint density at radius 2 is 2.18 bits per heavy atom. The van der Waals surface area contributed by atoms with E-state index in [1.165, 1.54) is 12.8 Å². The molecule has 0 saturated heterocycles. The number of nitrogens with zero attached hydrogens (tertiary/aromatic N) is 1. The molecule has 1 aliphatic rings. The minimum absolute atomic E-state index is 0.0789. The first-order valence-electron chi connectivity index (χ1n) is 8.81. The Morgan fingerprint density at radius 3 is 2.86 bits per heavy atom. The molecule has 1 amide bonds. The minimum Gasteiger partial charge on any atom is -0.349 e. The maximum absolute atomic E-state index is 12.6. The second kappa shape index (κ2) is 7.75. The van der Waals surface area contributed by atoms with Gasteiger partial charge in [0.15, 0.2) is 12.4 Å². The first kappa shape index (κ1) is 17.0. The third-order valence-corrected chi connectivity index (χ3v) is 4.94. The highest BCUT2D eigenvalue weighted by Crippen LogP contribution is 2.33. The van der Waals surface area contributed by atoms with E-state index >= 15 is 0 Å². The molecular weight excluding hydrogens is 272 g/mol. The van der Waals surface area contributed by atoms with Crippen LogP contribution in [0.25, 0.3) is 0 Å². The molecule has 1 N–H and O–H groups in total. The Hall–Kier alpha value is -1.38. The van der Waals surface area contributed by atoms with Gasteiger partial charge in [-0.15, -0.1) is 0 Å². The number of rotatable bonds is 5. The van der Waals surface area contributed by atoms with Crippen LogP contribution in [0.4, 0.5) is 0 Å². The highest BCUT2D eigenvalue weighted by atomic mass is 16.1. The summed E-state index contributed by atoms with van der Waals surface area (Å²) in [5.74, 6) is 2.02. The van der Waals surface area contributed by atoms with Crippen LogP contribution < -0.4 is 9.88 Å². The summed E-state index contributed by atoms with van der Waals surface area (Å²) >= 11 is 0. The molecule has 3 atom stereocenters. The second-order valence-corrected chi connectivity index (χ2v) is 7.24. The third-order valence-electron chi connectivity index (χ3n) is 4.94. The van der Waals surface area contributed by atoms with E-state index in [0.717, 1.165) is 24.9 Å². The van der Waals surface area contributed by atoms with Crippen LogP contribution in [0.3, 0.4) is 0 Å². The van der Waals surface area contributed by atoms with Crippen LogP contribution in [0, 0.1) is 17.8 Å². The first-order valence-corrected chi connectivity index (χ1v) is 8.81. The molecule has 2 rings (SSSR count). The van der Waals surface area contributed by atoms with E-state index in [1.54, 1.807) is 0 Å². The van der Waals surface area contributed by atoms with Crippen molar-refractivity contribution in [3.63, 3.8) is 0 Å². The van der Waals surface area contributed by atoms with Crippen molar-refractivity contribution in [2.45, 2.75) is 66.0 Å². The summed E-state index contributed by atoms with van der Waals surface area (Å²) in [6.45, 7) is 9.95. The molecule has 122 valence electrons. The van der Waals surface area contributed by atoms with Gasteiger partial charge in [-0.3, -0.25) is 4.79 Å². The molecule has 1 aliphatic carbocycles. The smallest absolute Gasteiger partial charge is 0.257 e. The zero-order chi connectivity index (χ0) is 16.1. The molecule has 0 radical (unpaired) electrons. The molecule has 0 bridgehead atoms. The van der Waals surface area contributed by atoms with Gasteiger partial charge in [-0.05, 0) is 36.7 Å². The van der Waals surface area contributed by atoms with E-state index in [4.69, 9.17) is 0 Å². The Kier molecular flexibility index (Phi) is 5.98. The van der Waals surface area contributed by atoms with Crippen LogP contribution in [-0.2, 0) is 6.54 Å².